The Labute approximate surface area is 165 Å². The minimum absolute atomic E-state index is 0.0815. The van der Waals surface area contributed by atoms with E-state index in [1.165, 1.54) is 0 Å². The van der Waals surface area contributed by atoms with Gasteiger partial charge < -0.3 is 10.6 Å². The van der Waals surface area contributed by atoms with Crippen LogP contribution in [0, 0.1) is 6.92 Å². The van der Waals surface area contributed by atoms with Crippen LogP contribution >= 0.6 is 0 Å². The minimum atomic E-state index is -0.379. The topological polar surface area (TPSA) is 58.2 Å². The Hall–Kier alpha value is -3.40. The van der Waals surface area contributed by atoms with Crippen molar-refractivity contribution in [1.82, 2.24) is 10.6 Å². The van der Waals surface area contributed by atoms with Crippen LogP contribution in [0.4, 0.5) is 0 Å². The molecule has 3 aromatic carbocycles. The van der Waals surface area contributed by atoms with E-state index >= 15 is 0 Å². The third-order valence-corrected chi connectivity index (χ3v) is 4.55. The van der Waals surface area contributed by atoms with Gasteiger partial charge in [-0.05, 0) is 30.2 Å². The summed E-state index contributed by atoms with van der Waals surface area (Å²) in [6.45, 7) is 2.72. The van der Waals surface area contributed by atoms with Gasteiger partial charge in [0.2, 0.25) is 5.91 Å². The summed E-state index contributed by atoms with van der Waals surface area (Å²) in [5, 5.41) is 5.78. The molecule has 0 spiro atoms. The molecule has 0 bridgehead atoms. The molecule has 0 fully saturated rings. The van der Waals surface area contributed by atoms with Crippen molar-refractivity contribution in [2.75, 3.05) is 13.1 Å². The van der Waals surface area contributed by atoms with Crippen LogP contribution in [-0.2, 0) is 4.79 Å². The SMILES string of the molecule is Cc1ccc(C(=O)NCCNC(=O)C(c2ccccc2)c2ccccc2)cc1. The van der Waals surface area contributed by atoms with Crippen molar-refractivity contribution in [2.45, 2.75) is 12.8 Å². The van der Waals surface area contributed by atoms with E-state index in [1.54, 1.807) is 12.1 Å². The van der Waals surface area contributed by atoms with Gasteiger partial charge in [-0.25, -0.2) is 0 Å². The summed E-state index contributed by atoms with van der Waals surface area (Å²) in [5.41, 5.74) is 3.60. The first kappa shape index (κ1) is 19.4. The van der Waals surface area contributed by atoms with Crippen molar-refractivity contribution < 1.29 is 9.59 Å². The van der Waals surface area contributed by atoms with Gasteiger partial charge >= 0.3 is 0 Å². The number of benzene rings is 3. The van der Waals surface area contributed by atoms with Crippen LogP contribution in [0.5, 0.6) is 0 Å². The standard InChI is InChI=1S/C24H24N2O2/c1-18-12-14-21(15-13-18)23(27)25-16-17-26-24(28)22(19-8-4-2-5-9-19)20-10-6-3-7-11-20/h2-15,22H,16-17H2,1H3,(H,25,27)(H,26,28). The molecule has 0 aliphatic rings. The summed E-state index contributed by atoms with van der Waals surface area (Å²) in [5.74, 6) is -0.603. The second-order valence-corrected chi connectivity index (χ2v) is 6.67. The maximum Gasteiger partial charge on any atom is 0.251 e. The van der Waals surface area contributed by atoms with Gasteiger partial charge in [-0.3, -0.25) is 9.59 Å². The molecule has 3 aromatic rings. The summed E-state index contributed by atoms with van der Waals surface area (Å²) in [4.78, 5) is 25.0. The van der Waals surface area contributed by atoms with E-state index in [4.69, 9.17) is 0 Å². The van der Waals surface area contributed by atoms with Crippen LogP contribution in [0.2, 0.25) is 0 Å². The zero-order valence-corrected chi connectivity index (χ0v) is 15.9. The van der Waals surface area contributed by atoms with Crippen LogP contribution in [0.1, 0.15) is 33.0 Å². The highest BCUT2D eigenvalue weighted by atomic mass is 16.2. The van der Waals surface area contributed by atoms with Gasteiger partial charge in [0.05, 0.1) is 5.92 Å². The Morgan fingerprint density at radius 3 is 1.75 bits per heavy atom. The fourth-order valence-electron chi connectivity index (χ4n) is 3.06. The number of aryl methyl sites for hydroxylation is 1. The van der Waals surface area contributed by atoms with E-state index in [2.05, 4.69) is 10.6 Å². The summed E-state index contributed by atoms with van der Waals surface area (Å²) >= 11 is 0. The molecule has 142 valence electrons. The quantitative estimate of drug-likeness (QED) is 0.622. The predicted octanol–water partition coefficient (Wildman–Crippen LogP) is 3.67. The first-order valence-corrected chi connectivity index (χ1v) is 9.37. The lowest BCUT2D eigenvalue weighted by atomic mass is 9.90. The summed E-state index contributed by atoms with van der Waals surface area (Å²) in [6, 6.07) is 26.8. The molecule has 4 nitrogen and oxygen atoms in total. The molecule has 0 aliphatic carbocycles. The van der Waals surface area contributed by atoms with E-state index in [0.717, 1.165) is 16.7 Å². The van der Waals surface area contributed by atoms with Crippen molar-refractivity contribution in [2.24, 2.45) is 0 Å². The van der Waals surface area contributed by atoms with Crippen LogP contribution in [0.25, 0.3) is 0 Å². The molecular weight excluding hydrogens is 348 g/mol. The largest absolute Gasteiger partial charge is 0.354 e. The van der Waals surface area contributed by atoms with Gasteiger partial charge in [0.15, 0.2) is 0 Å². The molecule has 2 amide bonds. The van der Waals surface area contributed by atoms with Crippen molar-refractivity contribution in [3.63, 3.8) is 0 Å². The lowest BCUT2D eigenvalue weighted by Gasteiger charge is -2.18. The van der Waals surface area contributed by atoms with Gasteiger partial charge in [-0.15, -0.1) is 0 Å². The molecule has 0 heterocycles. The first-order valence-electron chi connectivity index (χ1n) is 9.37. The molecule has 3 rings (SSSR count). The maximum atomic E-state index is 12.9. The van der Waals surface area contributed by atoms with Crippen LogP contribution < -0.4 is 10.6 Å². The first-order chi connectivity index (χ1) is 13.6. The molecular formula is C24H24N2O2. The molecule has 0 aliphatic heterocycles. The predicted molar refractivity (Wildman–Crippen MR) is 111 cm³/mol. The number of nitrogens with one attached hydrogen (secondary N) is 2. The second-order valence-electron chi connectivity index (χ2n) is 6.67. The van der Waals surface area contributed by atoms with Crippen LogP contribution in [0.15, 0.2) is 84.9 Å². The molecule has 4 heteroatoms. The molecule has 28 heavy (non-hydrogen) atoms. The van der Waals surface area contributed by atoms with Crippen molar-refractivity contribution >= 4 is 11.8 Å². The van der Waals surface area contributed by atoms with Gasteiger partial charge in [-0.1, -0.05) is 78.4 Å². The molecule has 0 saturated heterocycles. The van der Waals surface area contributed by atoms with E-state index < -0.39 is 0 Å². The minimum Gasteiger partial charge on any atom is -0.354 e. The Morgan fingerprint density at radius 2 is 1.21 bits per heavy atom. The Bertz CT molecular complexity index is 867. The number of hydrogen-bond donors (Lipinski definition) is 2. The lowest BCUT2D eigenvalue weighted by Crippen LogP contribution is -2.37. The van der Waals surface area contributed by atoms with Crippen LogP contribution in [-0.4, -0.2) is 24.9 Å². The average Bonchev–Trinajstić information content (AvgIpc) is 2.73. The van der Waals surface area contributed by atoms with Crippen molar-refractivity contribution in [3.8, 4) is 0 Å². The molecule has 0 unspecified atom stereocenters. The molecule has 0 aromatic heterocycles. The third-order valence-electron chi connectivity index (χ3n) is 4.55. The maximum absolute atomic E-state index is 12.9. The van der Waals surface area contributed by atoms with Crippen molar-refractivity contribution in [1.29, 1.82) is 0 Å². The summed E-state index contributed by atoms with van der Waals surface area (Å²) in [7, 11) is 0. The third kappa shape index (κ3) is 5.07. The van der Waals surface area contributed by atoms with Gasteiger partial charge in [-0.2, -0.15) is 0 Å². The smallest absolute Gasteiger partial charge is 0.251 e. The Kier molecular flexibility index (Phi) is 6.58. The Balaban J connectivity index is 1.58. The van der Waals surface area contributed by atoms with E-state index in [1.807, 2.05) is 79.7 Å². The summed E-state index contributed by atoms with van der Waals surface area (Å²) in [6.07, 6.45) is 0. The monoisotopic (exact) mass is 372 g/mol. The van der Waals surface area contributed by atoms with Crippen LogP contribution in [0.3, 0.4) is 0 Å². The highest BCUT2D eigenvalue weighted by Gasteiger charge is 2.22. The zero-order chi connectivity index (χ0) is 19.8. The lowest BCUT2D eigenvalue weighted by molar-refractivity contribution is -0.121. The highest BCUT2D eigenvalue weighted by molar-refractivity contribution is 5.94. The Morgan fingerprint density at radius 1 is 0.714 bits per heavy atom. The number of carbonyl (C=O) groups excluding carboxylic acids is 2. The molecule has 0 atom stereocenters. The van der Waals surface area contributed by atoms with Gasteiger partial charge in [0.25, 0.3) is 5.91 Å². The zero-order valence-electron chi connectivity index (χ0n) is 15.9. The van der Waals surface area contributed by atoms with Gasteiger partial charge in [0.1, 0.15) is 0 Å². The van der Waals surface area contributed by atoms with E-state index in [9.17, 15) is 9.59 Å². The average molecular weight is 372 g/mol. The van der Waals surface area contributed by atoms with E-state index in [-0.39, 0.29) is 17.7 Å². The number of hydrogen-bond acceptors (Lipinski definition) is 2. The fraction of sp³-hybridized carbons (Fsp3) is 0.167. The number of carbonyl (C=O) groups is 2. The van der Waals surface area contributed by atoms with Gasteiger partial charge in [0, 0.05) is 18.7 Å². The second kappa shape index (κ2) is 9.51. The highest BCUT2D eigenvalue weighted by Crippen LogP contribution is 2.24. The number of rotatable bonds is 7. The summed E-state index contributed by atoms with van der Waals surface area (Å²) < 4.78 is 0. The molecule has 0 radical (unpaired) electrons. The molecule has 0 saturated carbocycles. The fourth-order valence-corrected chi connectivity index (χ4v) is 3.06. The van der Waals surface area contributed by atoms with E-state index in [0.29, 0.717) is 18.7 Å². The molecule has 2 N–H and O–H groups in total. The number of amides is 2. The van der Waals surface area contributed by atoms with Crippen molar-refractivity contribution in [3.05, 3.63) is 107 Å². The normalized spacial score (nSPS) is 10.5.